The van der Waals surface area contributed by atoms with Crippen molar-refractivity contribution in [2.75, 3.05) is 0 Å². The Morgan fingerprint density at radius 1 is 1.23 bits per heavy atom. The van der Waals surface area contributed by atoms with Crippen LogP contribution in [0.15, 0.2) is 24.3 Å². The highest BCUT2D eigenvalue weighted by atomic mass is 19.3. The van der Waals surface area contributed by atoms with Gasteiger partial charge in [0.2, 0.25) is 0 Å². The first kappa shape index (κ1) is 9.62. The number of nitrogens with two attached hydrogens (primary N) is 1. The molecule has 0 aliphatic rings. The van der Waals surface area contributed by atoms with Crippen molar-refractivity contribution in [1.82, 2.24) is 0 Å². The molecule has 0 spiro atoms. The average Bonchev–Trinajstić information content (AvgIpc) is 2.17. The molecule has 1 rings (SSSR count). The Labute approximate surface area is 74.6 Å². The highest BCUT2D eigenvalue weighted by molar-refractivity contribution is 5.32. The van der Waals surface area contributed by atoms with Crippen molar-refractivity contribution >= 4 is 0 Å². The van der Waals surface area contributed by atoms with Gasteiger partial charge in [0.05, 0.1) is 17.7 Å². The lowest BCUT2D eigenvalue weighted by Crippen LogP contribution is -2.18. The molecule has 2 N–H and O–H groups in total. The molecule has 0 heterocycles. The number of halogens is 2. The second kappa shape index (κ2) is 3.97. The summed E-state index contributed by atoms with van der Waals surface area (Å²) in [6, 6.07) is 6.44. The van der Waals surface area contributed by atoms with Crippen LogP contribution in [0.2, 0.25) is 0 Å². The maximum Gasteiger partial charge on any atom is 0.257 e. The predicted molar refractivity (Wildman–Crippen MR) is 44.1 cm³/mol. The number of alkyl halides is 2. The number of nitriles is 1. The first-order chi connectivity index (χ1) is 6.15. The largest absolute Gasteiger partial charge is 0.319 e. The molecule has 1 atom stereocenters. The fraction of sp³-hybridized carbons (Fsp3) is 0.222. The Bertz CT molecular complexity index is 313. The lowest BCUT2D eigenvalue weighted by Gasteiger charge is -2.09. The van der Waals surface area contributed by atoms with Crippen molar-refractivity contribution in [3.8, 4) is 6.07 Å². The van der Waals surface area contributed by atoms with E-state index in [1.165, 1.54) is 24.3 Å². The van der Waals surface area contributed by atoms with Gasteiger partial charge in [0.25, 0.3) is 6.43 Å². The number of hydrogen-bond donors (Lipinski definition) is 1. The number of nitrogens with zero attached hydrogens (tertiary/aromatic N) is 1. The Balaban J connectivity index is 2.87. The number of benzene rings is 1. The van der Waals surface area contributed by atoms with Crippen molar-refractivity contribution in [3.63, 3.8) is 0 Å². The zero-order valence-electron chi connectivity index (χ0n) is 6.74. The van der Waals surface area contributed by atoms with Crippen LogP contribution in [-0.2, 0) is 0 Å². The maximum atomic E-state index is 12.1. The summed E-state index contributed by atoms with van der Waals surface area (Å²) in [7, 11) is 0. The molecule has 68 valence electrons. The molecule has 0 bridgehead atoms. The quantitative estimate of drug-likeness (QED) is 0.758. The molecule has 0 saturated carbocycles. The summed E-state index contributed by atoms with van der Waals surface area (Å²) in [4.78, 5) is 0. The van der Waals surface area contributed by atoms with Crippen LogP contribution in [0.5, 0.6) is 0 Å². The van der Waals surface area contributed by atoms with E-state index in [2.05, 4.69) is 0 Å². The van der Waals surface area contributed by atoms with E-state index in [0.717, 1.165) is 0 Å². The van der Waals surface area contributed by atoms with Crippen LogP contribution in [0.3, 0.4) is 0 Å². The van der Waals surface area contributed by atoms with Crippen LogP contribution in [-0.4, -0.2) is 6.43 Å². The third-order valence-corrected chi connectivity index (χ3v) is 1.70. The van der Waals surface area contributed by atoms with Crippen LogP contribution < -0.4 is 5.73 Å². The molecular formula is C9H8F2N2. The van der Waals surface area contributed by atoms with Gasteiger partial charge >= 0.3 is 0 Å². The van der Waals surface area contributed by atoms with Crippen LogP contribution in [0.4, 0.5) is 8.78 Å². The smallest absolute Gasteiger partial charge is 0.257 e. The number of rotatable bonds is 2. The molecule has 1 aromatic carbocycles. The van der Waals surface area contributed by atoms with E-state index in [1.54, 1.807) is 0 Å². The first-order valence-corrected chi connectivity index (χ1v) is 3.69. The normalized spacial score (nSPS) is 12.5. The van der Waals surface area contributed by atoms with Crippen molar-refractivity contribution in [1.29, 1.82) is 5.26 Å². The third kappa shape index (κ3) is 2.23. The SMILES string of the molecule is N#Cc1ccc([C@@H](N)C(F)F)cc1. The fourth-order valence-corrected chi connectivity index (χ4v) is 0.925. The highest BCUT2D eigenvalue weighted by Crippen LogP contribution is 2.17. The van der Waals surface area contributed by atoms with Crippen molar-refractivity contribution < 1.29 is 8.78 Å². The van der Waals surface area contributed by atoms with Gasteiger partial charge in [-0.2, -0.15) is 5.26 Å². The summed E-state index contributed by atoms with van der Waals surface area (Å²) >= 11 is 0. The van der Waals surface area contributed by atoms with Crippen LogP contribution >= 0.6 is 0 Å². The Morgan fingerprint density at radius 3 is 2.15 bits per heavy atom. The lowest BCUT2D eigenvalue weighted by atomic mass is 10.1. The van der Waals surface area contributed by atoms with Gasteiger partial charge in [0.1, 0.15) is 0 Å². The van der Waals surface area contributed by atoms with E-state index in [-0.39, 0.29) is 0 Å². The fourth-order valence-electron chi connectivity index (χ4n) is 0.925. The standard InChI is InChI=1S/C9H8F2N2/c10-9(11)8(13)7-3-1-6(5-12)2-4-7/h1-4,8-9H,13H2/t8-/m1/s1. The minimum atomic E-state index is -2.58. The summed E-state index contributed by atoms with van der Waals surface area (Å²) < 4.78 is 24.2. The summed E-state index contributed by atoms with van der Waals surface area (Å²) in [6.45, 7) is 0. The van der Waals surface area contributed by atoms with E-state index in [1.807, 2.05) is 6.07 Å². The molecule has 1 aromatic rings. The molecule has 0 fully saturated rings. The zero-order valence-corrected chi connectivity index (χ0v) is 6.74. The molecule has 0 aromatic heterocycles. The lowest BCUT2D eigenvalue weighted by molar-refractivity contribution is 0.116. The van der Waals surface area contributed by atoms with Gasteiger partial charge in [-0.05, 0) is 17.7 Å². The van der Waals surface area contributed by atoms with Crippen LogP contribution in [0.1, 0.15) is 17.2 Å². The van der Waals surface area contributed by atoms with Crippen molar-refractivity contribution in [2.45, 2.75) is 12.5 Å². The second-order valence-electron chi connectivity index (χ2n) is 2.59. The van der Waals surface area contributed by atoms with Crippen molar-refractivity contribution in [2.24, 2.45) is 5.73 Å². The summed E-state index contributed by atoms with van der Waals surface area (Å²) in [6.07, 6.45) is -2.58. The molecule has 0 radical (unpaired) electrons. The van der Waals surface area contributed by atoms with Crippen molar-refractivity contribution in [3.05, 3.63) is 35.4 Å². The molecule has 4 heteroatoms. The van der Waals surface area contributed by atoms with Gasteiger partial charge < -0.3 is 5.73 Å². The van der Waals surface area contributed by atoms with Gasteiger partial charge in [-0.25, -0.2) is 8.78 Å². The summed E-state index contributed by atoms with van der Waals surface area (Å²) in [5.74, 6) is 0. The molecule has 2 nitrogen and oxygen atoms in total. The summed E-state index contributed by atoms with van der Waals surface area (Å²) in [5, 5.41) is 8.45. The van der Waals surface area contributed by atoms with Gasteiger partial charge in [-0.15, -0.1) is 0 Å². The minimum absolute atomic E-state index is 0.342. The third-order valence-electron chi connectivity index (χ3n) is 1.70. The Kier molecular flexibility index (Phi) is 2.93. The average molecular weight is 182 g/mol. The molecular weight excluding hydrogens is 174 g/mol. The van der Waals surface area contributed by atoms with E-state index >= 15 is 0 Å². The molecule has 0 aliphatic heterocycles. The molecule has 0 aliphatic carbocycles. The topological polar surface area (TPSA) is 49.8 Å². The van der Waals surface area contributed by atoms with E-state index in [4.69, 9.17) is 11.0 Å². The maximum absolute atomic E-state index is 12.1. The van der Waals surface area contributed by atoms with E-state index < -0.39 is 12.5 Å². The Morgan fingerprint density at radius 2 is 1.77 bits per heavy atom. The van der Waals surface area contributed by atoms with Crippen LogP contribution in [0.25, 0.3) is 0 Å². The highest BCUT2D eigenvalue weighted by Gasteiger charge is 2.16. The molecule has 0 unspecified atom stereocenters. The molecule has 0 amide bonds. The van der Waals surface area contributed by atoms with Gasteiger partial charge in [-0.1, -0.05) is 12.1 Å². The molecule has 0 saturated heterocycles. The van der Waals surface area contributed by atoms with E-state index in [0.29, 0.717) is 11.1 Å². The van der Waals surface area contributed by atoms with Gasteiger partial charge in [-0.3, -0.25) is 0 Å². The Hall–Kier alpha value is -1.47. The van der Waals surface area contributed by atoms with Gasteiger partial charge in [0, 0.05) is 0 Å². The number of hydrogen-bond acceptors (Lipinski definition) is 2. The zero-order chi connectivity index (χ0) is 9.84. The predicted octanol–water partition coefficient (Wildman–Crippen LogP) is 1.82. The molecule has 13 heavy (non-hydrogen) atoms. The monoisotopic (exact) mass is 182 g/mol. The summed E-state index contributed by atoms with van der Waals surface area (Å²) in [5.41, 5.74) is 5.97. The minimum Gasteiger partial charge on any atom is -0.319 e. The van der Waals surface area contributed by atoms with Crippen LogP contribution in [0, 0.1) is 11.3 Å². The van der Waals surface area contributed by atoms with E-state index in [9.17, 15) is 8.78 Å². The first-order valence-electron chi connectivity index (χ1n) is 3.69. The second-order valence-corrected chi connectivity index (χ2v) is 2.59. The van der Waals surface area contributed by atoms with Gasteiger partial charge in [0.15, 0.2) is 0 Å².